The summed E-state index contributed by atoms with van der Waals surface area (Å²) in [7, 11) is 1.20. The molecule has 0 aromatic heterocycles. The molecule has 2 aliphatic heterocycles. The molecule has 2 aromatic rings. The second-order valence-corrected chi connectivity index (χ2v) is 8.39. The van der Waals surface area contributed by atoms with E-state index in [9.17, 15) is 13.2 Å². The van der Waals surface area contributed by atoms with Gasteiger partial charge in [-0.3, -0.25) is 0 Å². The van der Waals surface area contributed by atoms with E-state index in [1.165, 1.54) is 42.2 Å². The Morgan fingerprint density at radius 3 is 2.39 bits per heavy atom. The number of rotatable bonds is 3. The summed E-state index contributed by atoms with van der Waals surface area (Å²) in [6, 6.07) is 9.73. The van der Waals surface area contributed by atoms with E-state index in [1.54, 1.807) is 0 Å². The van der Waals surface area contributed by atoms with Crippen LogP contribution in [0.2, 0.25) is 0 Å². The molecule has 4 rings (SSSR count). The van der Waals surface area contributed by atoms with Gasteiger partial charge in [-0.2, -0.15) is 13.2 Å². The molecular weight excluding hydrogens is 427 g/mol. The Kier molecular flexibility index (Phi) is 5.40. The number of nitrogens with zero attached hydrogens (tertiary/aromatic N) is 3. The second kappa shape index (κ2) is 7.77. The lowest BCUT2D eigenvalue weighted by Crippen LogP contribution is -2.51. The highest BCUT2D eigenvalue weighted by Crippen LogP contribution is 2.46. The van der Waals surface area contributed by atoms with Crippen LogP contribution in [0.5, 0.6) is 5.75 Å². The molecule has 10 heteroatoms. The number of anilines is 2. The van der Waals surface area contributed by atoms with Crippen LogP contribution in [0.15, 0.2) is 52.1 Å². The lowest BCUT2D eigenvalue weighted by molar-refractivity contribution is -0.138. The highest BCUT2D eigenvalue weighted by molar-refractivity contribution is 8.04. The molecule has 0 saturated heterocycles. The van der Waals surface area contributed by atoms with Crippen LogP contribution in [0.3, 0.4) is 0 Å². The Morgan fingerprint density at radius 2 is 1.77 bits per heavy atom. The summed E-state index contributed by atoms with van der Waals surface area (Å²) in [4.78, 5) is 7.88. The monoisotopic (exact) mass is 449 g/mol. The van der Waals surface area contributed by atoms with Gasteiger partial charge in [-0.15, -0.1) is 0 Å². The van der Waals surface area contributed by atoms with Crippen molar-refractivity contribution in [3.63, 3.8) is 0 Å². The van der Waals surface area contributed by atoms with E-state index in [0.717, 1.165) is 22.9 Å². The van der Waals surface area contributed by atoms with Crippen molar-refractivity contribution in [3.05, 3.63) is 63.8 Å². The van der Waals surface area contributed by atoms with Crippen molar-refractivity contribution in [3.8, 4) is 5.75 Å². The predicted molar refractivity (Wildman–Crippen MR) is 118 cm³/mol. The fourth-order valence-electron chi connectivity index (χ4n) is 3.89. The zero-order valence-electron chi connectivity index (χ0n) is 17.1. The number of hydrogen-bond donors (Lipinski definition) is 2. The minimum absolute atomic E-state index is 0.253. The van der Waals surface area contributed by atoms with Crippen molar-refractivity contribution in [2.75, 3.05) is 16.9 Å². The fourth-order valence-corrected chi connectivity index (χ4v) is 4.89. The minimum atomic E-state index is -4.57. The maximum absolute atomic E-state index is 13.5. The first-order valence-electron chi connectivity index (χ1n) is 9.48. The van der Waals surface area contributed by atoms with Gasteiger partial charge in [0.1, 0.15) is 22.4 Å². The predicted octanol–water partition coefficient (Wildman–Crippen LogP) is 4.13. The molecule has 0 saturated carbocycles. The van der Waals surface area contributed by atoms with Gasteiger partial charge in [0.05, 0.1) is 24.7 Å². The second-order valence-electron chi connectivity index (χ2n) is 7.29. The van der Waals surface area contributed by atoms with E-state index in [4.69, 9.17) is 16.2 Å². The van der Waals surface area contributed by atoms with Crippen LogP contribution in [0.25, 0.3) is 0 Å². The molecule has 0 aliphatic carbocycles. The minimum Gasteiger partial charge on any atom is -0.496 e. The fraction of sp³-hybridized carbons (Fsp3) is 0.286. The number of aliphatic imine (C=N–C) groups is 1. The van der Waals surface area contributed by atoms with Crippen LogP contribution in [-0.4, -0.2) is 25.1 Å². The SMILES string of the molecule is COc1ccc(N2C=NC3=C(C2N)N(c2c(C)cccc2C)C(N)S3)cc1C(F)(F)F. The third-order valence-electron chi connectivity index (χ3n) is 5.31. The van der Waals surface area contributed by atoms with Crippen molar-refractivity contribution in [1.29, 1.82) is 0 Å². The molecule has 0 fully saturated rings. The van der Waals surface area contributed by atoms with E-state index >= 15 is 0 Å². The van der Waals surface area contributed by atoms with Gasteiger partial charge in [-0.25, -0.2) is 4.99 Å². The Morgan fingerprint density at radius 1 is 1.10 bits per heavy atom. The molecule has 0 amide bonds. The Bertz CT molecular complexity index is 1060. The Hall–Kier alpha value is -2.69. The van der Waals surface area contributed by atoms with Crippen LogP contribution in [-0.2, 0) is 6.18 Å². The first kappa shape index (κ1) is 21.5. The quantitative estimate of drug-likeness (QED) is 0.734. The largest absolute Gasteiger partial charge is 0.496 e. The van der Waals surface area contributed by atoms with Crippen molar-refractivity contribution in [1.82, 2.24) is 0 Å². The number of aryl methyl sites for hydroxylation is 2. The number of hydrogen-bond acceptors (Lipinski definition) is 7. The zero-order valence-corrected chi connectivity index (χ0v) is 18.0. The van der Waals surface area contributed by atoms with Gasteiger partial charge in [0.25, 0.3) is 0 Å². The van der Waals surface area contributed by atoms with Gasteiger partial charge in [-0.1, -0.05) is 30.0 Å². The molecule has 6 nitrogen and oxygen atoms in total. The number of thioether (sulfide) groups is 1. The van der Waals surface area contributed by atoms with Crippen molar-refractivity contribution < 1.29 is 17.9 Å². The van der Waals surface area contributed by atoms with Gasteiger partial charge < -0.3 is 26.0 Å². The summed E-state index contributed by atoms with van der Waals surface area (Å²) < 4.78 is 45.4. The van der Waals surface area contributed by atoms with Crippen molar-refractivity contribution >= 4 is 29.5 Å². The summed E-state index contributed by atoms with van der Waals surface area (Å²) in [5.41, 5.74) is 15.5. The standard InChI is InChI=1S/C21H22F3N5OS/c1-11-5-4-6-12(2)16(11)29-17-18(25)28(10-27-19(17)31-20(29)26)13-7-8-15(30-3)14(9-13)21(22,23)24/h4-10,18,20H,25-26H2,1-3H3. The molecule has 164 valence electrons. The van der Waals surface area contributed by atoms with E-state index in [0.29, 0.717) is 10.7 Å². The average molecular weight is 450 g/mol. The van der Waals surface area contributed by atoms with Gasteiger partial charge in [-0.05, 0) is 43.2 Å². The number of ether oxygens (including phenoxy) is 1. The number of methoxy groups -OCH3 is 1. The lowest BCUT2D eigenvalue weighted by atomic mass is 10.1. The molecule has 0 radical (unpaired) electrons. The van der Waals surface area contributed by atoms with E-state index in [1.807, 2.05) is 36.9 Å². The molecule has 2 atom stereocenters. The summed E-state index contributed by atoms with van der Waals surface area (Å²) in [6.45, 7) is 3.96. The molecule has 0 spiro atoms. The molecule has 2 heterocycles. The maximum Gasteiger partial charge on any atom is 0.420 e. The average Bonchev–Trinajstić information content (AvgIpc) is 3.04. The molecule has 0 bridgehead atoms. The van der Waals surface area contributed by atoms with Gasteiger partial charge in [0, 0.05) is 11.4 Å². The Labute approximate surface area is 182 Å². The van der Waals surface area contributed by atoms with Crippen molar-refractivity contribution in [2.24, 2.45) is 16.5 Å². The summed E-state index contributed by atoms with van der Waals surface area (Å²) in [6.07, 6.45) is -3.90. The number of halogens is 3. The number of nitrogens with two attached hydrogens (primary N) is 2. The highest BCUT2D eigenvalue weighted by atomic mass is 32.2. The summed E-state index contributed by atoms with van der Waals surface area (Å²) in [5.74, 6) is -0.255. The van der Waals surface area contributed by atoms with Crippen LogP contribution in [0.1, 0.15) is 16.7 Å². The Balaban J connectivity index is 1.76. The highest BCUT2D eigenvalue weighted by Gasteiger charge is 2.41. The number of alkyl halides is 3. The smallest absolute Gasteiger partial charge is 0.420 e. The third-order valence-corrected chi connectivity index (χ3v) is 6.30. The first-order valence-corrected chi connectivity index (χ1v) is 10.4. The third kappa shape index (κ3) is 3.64. The normalized spacial score (nSPS) is 21.0. The van der Waals surface area contributed by atoms with E-state index < -0.39 is 23.4 Å². The van der Waals surface area contributed by atoms with E-state index in [2.05, 4.69) is 4.99 Å². The van der Waals surface area contributed by atoms with Crippen LogP contribution in [0, 0.1) is 13.8 Å². The molecule has 4 N–H and O–H groups in total. The first-order chi connectivity index (χ1) is 14.6. The molecule has 2 unspecified atom stereocenters. The molecular formula is C21H22F3N5OS. The summed E-state index contributed by atoms with van der Waals surface area (Å²) in [5, 5.41) is 0.656. The number of para-hydroxylation sites is 1. The molecule has 31 heavy (non-hydrogen) atoms. The molecule has 2 aromatic carbocycles. The zero-order chi connectivity index (χ0) is 22.5. The maximum atomic E-state index is 13.5. The van der Waals surface area contributed by atoms with E-state index in [-0.39, 0.29) is 11.4 Å². The summed E-state index contributed by atoms with van der Waals surface area (Å²) >= 11 is 1.36. The number of benzene rings is 2. The van der Waals surface area contributed by atoms with Crippen molar-refractivity contribution in [2.45, 2.75) is 31.7 Å². The van der Waals surface area contributed by atoms with Gasteiger partial charge in [0.15, 0.2) is 0 Å². The van der Waals surface area contributed by atoms with Gasteiger partial charge >= 0.3 is 6.18 Å². The molecule has 2 aliphatic rings. The van der Waals surface area contributed by atoms with Crippen LogP contribution < -0.4 is 26.0 Å². The van der Waals surface area contributed by atoms with Crippen LogP contribution in [0.4, 0.5) is 24.5 Å². The topological polar surface area (TPSA) is 80.1 Å². The lowest BCUT2D eigenvalue weighted by Gasteiger charge is -2.37. The van der Waals surface area contributed by atoms with Crippen LogP contribution >= 0.6 is 11.8 Å². The van der Waals surface area contributed by atoms with Gasteiger partial charge in [0.2, 0.25) is 0 Å².